The van der Waals surface area contributed by atoms with Crippen molar-refractivity contribution >= 4 is 0 Å². The van der Waals surface area contributed by atoms with Crippen LogP contribution in [-0.4, -0.2) is 25.0 Å². The largest absolute Gasteiger partial charge is 0.313 e. The predicted octanol–water partition coefficient (Wildman–Crippen LogP) is 2.88. The van der Waals surface area contributed by atoms with Crippen LogP contribution >= 0.6 is 0 Å². The molecule has 1 fully saturated rings. The van der Waals surface area contributed by atoms with Crippen LogP contribution in [0.1, 0.15) is 31.4 Å². The van der Waals surface area contributed by atoms with E-state index in [1.165, 1.54) is 24.1 Å². The van der Waals surface area contributed by atoms with E-state index in [4.69, 9.17) is 0 Å². The van der Waals surface area contributed by atoms with Gasteiger partial charge in [0.15, 0.2) is 0 Å². The SMILES string of the molecule is CCNCc1cccc(CN(C)CC2CC2C)c1. The molecule has 1 aliphatic rings. The van der Waals surface area contributed by atoms with Crippen molar-refractivity contribution in [1.29, 1.82) is 0 Å². The number of benzene rings is 1. The molecule has 2 nitrogen and oxygen atoms in total. The molecular formula is C16H26N2. The summed E-state index contributed by atoms with van der Waals surface area (Å²) >= 11 is 0. The first-order valence-corrected chi connectivity index (χ1v) is 7.16. The Hall–Kier alpha value is -0.860. The lowest BCUT2D eigenvalue weighted by Gasteiger charge is -2.17. The molecular weight excluding hydrogens is 220 g/mol. The van der Waals surface area contributed by atoms with Crippen LogP contribution in [0, 0.1) is 11.8 Å². The third-order valence-corrected chi connectivity index (χ3v) is 3.85. The summed E-state index contributed by atoms with van der Waals surface area (Å²) in [5.41, 5.74) is 2.82. The van der Waals surface area contributed by atoms with Crippen molar-refractivity contribution in [3.8, 4) is 0 Å². The second kappa shape index (κ2) is 6.35. The van der Waals surface area contributed by atoms with Crippen LogP contribution < -0.4 is 5.32 Å². The van der Waals surface area contributed by atoms with Gasteiger partial charge >= 0.3 is 0 Å². The Balaban J connectivity index is 1.83. The Kier molecular flexibility index (Phi) is 4.79. The molecule has 1 saturated carbocycles. The van der Waals surface area contributed by atoms with E-state index >= 15 is 0 Å². The highest BCUT2D eigenvalue weighted by Crippen LogP contribution is 2.38. The summed E-state index contributed by atoms with van der Waals surface area (Å²) in [7, 11) is 2.24. The van der Waals surface area contributed by atoms with Gasteiger partial charge in [-0.05, 0) is 43.0 Å². The Bertz CT molecular complexity index is 375. The Labute approximate surface area is 111 Å². The van der Waals surface area contributed by atoms with Gasteiger partial charge in [-0.2, -0.15) is 0 Å². The van der Waals surface area contributed by atoms with Crippen molar-refractivity contribution in [1.82, 2.24) is 10.2 Å². The normalized spacial score (nSPS) is 22.4. The fourth-order valence-electron chi connectivity index (χ4n) is 2.54. The highest BCUT2D eigenvalue weighted by molar-refractivity contribution is 5.23. The maximum absolute atomic E-state index is 3.38. The summed E-state index contributed by atoms with van der Waals surface area (Å²) in [6.45, 7) is 8.84. The Morgan fingerprint density at radius 3 is 2.72 bits per heavy atom. The van der Waals surface area contributed by atoms with Crippen molar-refractivity contribution in [2.45, 2.75) is 33.4 Å². The monoisotopic (exact) mass is 246 g/mol. The Morgan fingerprint density at radius 2 is 2.06 bits per heavy atom. The van der Waals surface area contributed by atoms with Gasteiger partial charge < -0.3 is 10.2 Å². The van der Waals surface area contributed by atoms with Crippen LogP contribution in [0.3, 0.4) is 0 Å². The van der Waals surface area contributed by atoms with Gasteiger partial charge in [0.2, 0.25) is 0 Å². The third kappa shape index (κ3) is 4.11. The zero-order chi connectivity index (χ0) is 13.0. The highest BCUT2D eigenvalue weighted by Gasteiger charge is 2.32. The van der Waals surface area contributed by atoms with Gasteiger partial charge in [-0.1, -0.05) is 38.1 Å². The van der Waals surface area contributed by atoms with Gasteiger partial charge in [0.1, 0.15) is 0 Å². The highest BCUT2D eigenvalue weighted by atomic mass is 15.1. The van der Waals surface area contributed by atoms with E-state index in [1.807, 2.05) is 0 Å². The van der Waals surface area contributed by atoms with Crippen LogP contribution in [0.5, 0.6) is 0 Å². The van der Waals surface area contributed by atoms with Crippen molar-refractivity contribution in [2.75, 3.05) is 20.1 Å². The number of hydrogen-bond donors (Lipinski definition) is 1. The summed E-state index contributed by atoms with van der Waals surface area (Å²) in [5, 5.41) is 3.38. The van der Waals surface area contributed by atoms with E-state index < -0.39 is 0 Å². The lowest BCUT2D eigenvalue weighted by atomic mass is 10.1. The van der Waals surface area contributed by atoms with Gasteiger partial charge in [-0.3, -0.25) is 0 Å². The molecule has 1 aliphatic carbocycles. The molecule has 1 N–H and O–H groups in total. The molecule has 0 radical (unpaired) electrons. The third-order valence-electron chi connectivity index (χ3n) is 3.85. The number of hydrogen-bond acceptors (Lipinski definition) is 2. The summed E-state index contributed by atoms with van der Waals surface area (Å²) < 4.78 is 0. The zero-order valence-electron chi connectivity index (χ0n) is 11.9. The first kappa shape index (κ1) is 13.6. The molecule has 0 spiro atoms. The molecule has 1 aromatic carbocycles. The van der Waals surface area contributed by atoms with Crippen LogP contribution in [0.4, 0.5) is 0 Å². The minimum Gasteiger partial charge on any atom is -0.313 e. The van der Waals surface area contributed by atoms with Gasteiger partial charge in [0.05, 0.1) is 0 Å². The van der Waals surface area contributed by atoms with E-state index in [-0.39, 0.29) is 0 Å². The fraction of sp³-hybridized carbons (Fsp3) is 0.625. The predicted molar refractivity (Wildman–Crippen MR) is 77.4 cm³/mol. The molecule has 0 heterocycles. The zero-order valence-corrected chi connectivity index (χ0v) is 11.9. The first-order chi connectivity index (χ1) is 8.69. The van der Waals surface area contributed by atoms with Gasteiger partial charge in [0, 0.05) is 19.6 Å². The lowest BCUT2D eigenvalue weighted by Crippen LogP contribution is -2.21. The van der Waals surface area contributed by atoms with E-state index in [2.05, 4.69) is 55.4 Å². The first-order valence-electron chi connectivity index (χ1n) is 7.16. The topological polar surface area (TPSA) is 15.3 Å². The fourth-order valence-corrected chi connectivity index (χ4v) is 2.54. The smallest absolute Gasteiger partial charge is 0.0230 e. The average Bonchev–Trinajstić information content (AvgIpc) is 3.02. The van der Waals surface area contributed by atoms with Gasteiger partial charge in [-0.25, -0.2) is 0 Å². The summed E-state index contributed by atoms with van der Waals surface area (Å²) in [6.07, 6.45) is 1.42. The van der Waals surface area contributed by atoms with E-state index in [9.17, 15) is 0 Å². The molecule has 0 aliphatic heterocycles. The van der Waals surface area contributed by atoms with Gasteiger partial charge in [0.25, 0.3) is 0 Å². The summed E-state index contributed by atoms with van der Waals surface area (Å²) in [4.78, 5) is 2.46. The second-order valence-electron chi connectivity index (χ2n) is 5.77. The van der Waals surface area contributed by atoms with Crippen LogP contribution in [0.2, 0.25) is 0 Å². The Morgan fingerprint density at radius 1 is 1.33 bits per heavy atom. The molecule has 1 aromatic rings. The molecule has 0 amide bonds. The standard InChI is InChI=1S/C16H26N2/c1-4-17-10-14-6-5-7-15(9-14)11-18(3)12-16-8-13(16)2/h5-7,9,13,16-17H,4,8,10-12H2,1-3H3. The van der Waals surface area contributed by atoms with Crippen molar-refractivity contribution in [3.05, 3.63) is 35.4 Å². The number of rotatable bonds is 7. The minimum atomic E-state index is 0.944. The molecule has 2 atom stereocenters. The average molecular weight is 246 g/mol. The quantitative estimate of drug-likeness (QED) is 0.796. The molecule has 2 unspecified atom stereocenters. The van der Waals surface area contributed by atoms with Crippen molar-refractivity contribution < 1.29 is 0 Å². The van der Waals surface area contributed by atoms with Crippen molar-refractivity contribution in [3.63, 3.8) is 0 Å². The molecule has 100 valence electrons. The van der Waals surface area contributed by atoms with Crippen LogP contribution in [0.25, 0.3) is 0 Å². The van der Waals surface area contributed by atoms with E-state index in [1.54, 1.807) is 0 Å². The van der Waals surface area contributed by atoms with E-state index in [0.717, 1.165) is 31.5 Å². The summed E-state index contributed by atoms with van der Waals surface area (Å²) in [6, 6.07) is 8.95. The maximum atomic E-state index is 3.38. The van der Waals surface area contributed by atoms with Crippen molar-refractivity contribution in [2.24, 2.45) is 11.8 Å². The van der Waals surface area contributed by atoms with E-state index in [0.29, 0.717) is 0 Å². The van der Waals surface area contributed by atoms with Crippen LogP contribution in [0.15, 0.2) is 24.3 Å². The second-order valence-corrected chi connectivity index (χ2v) is 5.77. The van der Waals surface area contributed by atoms with Gasteiger partial charge in [-0.15, -0.1) is 0 Å². The lowest BCUT2D eigenvalue weighted by molar-refractivity contribution is 0.307. The maximum Gasteiger partial charge on any atom is 0.0230 e. The molecule has 0 aromatic heterocycles. The van der Waals surface area contributed by atoms with Crippen LogP contribution in [-0.2, 0) is 13.1 Å². The molecule has 0 bridgehead atoms. The minimum absolute atomic E-state index is 0.944. The molecule has 18 heavy (non-hydrogen) atoms. The molecule has 2 heteroatoms. The summed E-state index contributed by atoms with van der Waals surface area (Å²) in [5.74, 6) is 1.90. The molecule has 0 saturated heterocycles. The number of nitrogens with zero attached hydrogens (tertiary/aromatic N) is 1. The molecule has 2 rings (SSSR count). The number of nitrogens with one attached hydrogen (secondary N) is 1.